The third kappa shape index (κ3) is 5.90. The Kier molecular flexibility index (Phi) is 6.50. The van der Waals surface area contributed by atoms with Crippen molar-refractivity contribution in [2.75, 3.05) is 11.9 Å². The lowest BCUT2D eigenvalue weighted by molar-refractivity contribution is -0.131. The van der Waals surface area contributed by atoms with Crippen LogP contribution in [-0.4, -0.2) is 33.6 Å². The number of carbonyl (C=O) groups excluding carboxylic acids is 1. The van der Waals surface area contributed by atoms with Crippen molar-refractivity contribution in [2.45, 2.75) is 44.8 Å². The minimum absolute atomic E-state index is 0.126. The van der Waals surface area contributed by atoms with Crippen LogP contribution in [0.4, 0.5) is 23.2 Å². The lowest BCUT2D eigenvalue weighted by Gasteiger charge is -2.13. The van der Waals surface area contributed by atoms with E-state index in [0.717, 1.165) is 24.0 Å². The van der Waals surface area contributed by atoms with Crippen molar-refractivity contribution in [3.8, 4) is 22.8 Å². The number of amides is 1. The minimum Gasteiger partial charge on any atom is -0.456 e. The molecule has 1 fully saturated rings. The Morgan fingerprint density at radius 1 is 1.11 bits per heavy atom. The highest BCUT2D eigenvalue weighted by Gasteiger charge is 2.39. The van der Waals surface area contributed by atoms with Crippen LogP contribution in [0.1, 0.15) is 42.1 Å². The van der Waals surface area contributed by atoms with E-state index in [1.807, 2.05) is 19.9 Å². The summed E-state index contributed by atoms with van der Waals surface area (Å²) < 4.78 is 59.4. The van der Waals surface area contributed by atoms with E-state index in [0.29, 0.717) is 28.3 Å². The number of benzene rings is 2. The molecule has 38 heavy (non-hydrogen) atoms. The zero-order valence-electron chi connectivity index (χ0n) is 20.8. The van der Waals surface area contributed by atoms with E-state index in [9.17, 15) is 22.4 Å². The zero-order chi connectivity index (χ0) is 27.1. The Balaban J connectivity index is 1.47. The van der Waals surface area contributed by atoms with E-state index in [-0.39, 0.29) is 23.7 Å². The number of imidazole rings is 1. The van der Waals surface area contributed by atoms with Gasteiger partial charge in [-0.15, -0.1) is 0 Å². The molecule has 0 aliphatic heterocycles. The first-order valence-electron chi connectivity index (χ1n) is 12.2. The molecule has 0 bridgehead atoms. The van der Waals surface area contributed by atoms with Gasteiger partial charge in [-0.25, -0.2) is 9.37 Å². The molecule has 6 nitrogen and oxygen atoms in total. The van der Waals surface area contributed by atoms with Gasteiger partial charge in [0.2, 0.25) is 0 Å². The predicted octanol–water partition coefficient (Wildman–Crippen LogP) is 6.89. The van der Waals surface area contributed by atoms with Gasteiger partial charge >= 0.3 is 6.18 Å². The average Bonchev–Trinajstić information content (AvgIpc) is 3.39. The first kappa shape index (κ1) is 25.6. The molecular weight excluding hydrogens is 500 g/mol. The summed E-state index contributed by atoms with van der Waals surface area (Å²) >= 11 is 0. The number of aryl methyl sites for hydroxylation is 1. The molecule has 4 aromatic rings. The highest BCUT2D eigenvalue weighted by atomic mass is 19.4. The van der Waals surface area contributed by atoms with E-state index in [1.165, 1.54) is 24.3 Å². The summed E-state index contributed by atoms with van der Waals surface area (Å²) in [7, 11) is 0. The maximum Gasteiger partial charge on any atom is 0.390 e. The number of pyridine rings is 1. The normalized spacial score (nSPS) is 14.4. The van der Waals surface area contributed by atoms with E-state index < -0.39 is 18.4 Å². The molecule has 1 aliphatic rings. The number of aromatic nitrogens is 2. The lowest BCUT2D eigenvalue weighted by Crippen LogP contribution is -2.34. The lowest BCUT2D eigenvalue weighted by atomic mass is 10.0. The number of alkyl halides is 3. The summed E-state index contributed by atoms with van der Waals surface area (Å²) in [4.78, 5) is 17.3. The quantitative estimate of drug-likeness (QED) is 0.246. The Hall–Kier alpha value is -4.08. The summed E-state index contributed by atoms with van der Waals surface area (Å²) in [6, 6.07) is 12.5. The molecule has 2 aromatic heterocycles. The Bertz CT molecular complexity index is 1510. The van der Waals surface area contributed by atoms with Crippen LogP contribution in [0.3, 0.4) is 0 Å². The molecule has 0 atom stereocenters. The smallest absolute Gasteiger partial charge is 0.390 e. The van der Waals surface area contributed by atoms with Crippen LogP contribution in [0, 0.1) is 12.7 Å². The maximum atomic E-state index is 13.6. The fourth-order valence-electron chi connectivity index (χ4n) is 4.13. The second kappa shape index (κ2) is 9.66. The maximum absolute atomic E-state index is 13.6. The first-order chi connectivity index (χ1) is 18.0. The van der Waals surface area contributed by atoms with Crippen molar-refractivity contribution in [1.82, 2.24) is 14.7 Å². The van der Waals surface area contributed by atoms with Crippen LogP contribution in [0.15, 0.2) is 60.9 Å². The van der Waals surface area contributed by atoms with E-state index >= 15 is 0 Å². The van der Waals surface area contributed by atoms with Gasteiger partial charge in [0.05, 0.1) is 24.0 Å². The predicted molar refractivity (Wildman–Crippen MR) is 136 cm³/mol. The van der Waals surface area contributed by atoms with Gasteiger partial charge in [0.15, 0.2) is 5.65 Å². The minimum atomic E-state index is -4.32. The number of halogens is 4. The topological polar surface area (TPSA) is 67.7 Å². The number of ether oxygens (including phenoxy) is 1. The second-order valence-electron chi connectivity index (χ2n) is 9.84. The van der Waals surface area contributed by atoms with Gasteiger partial charge in [-0.2, -0.15) is 13.2 Å². The van der Waals surface area contributed by atoms with E-state index in [1.54, 1.807) is 35.0 Å². The second-order valence-corrected chi connectivity index (χ2v) is 9.84. The van der Waals surface area contributed by atoms with Gasteiger partial charge in [-0.3, -0.25) is 4.79 Å². The molecule has 1 saturated carbocycles. The molecule has 10 heteroatoms. The summed E-state index contributed by atoms with van der Waals surface area (Å²) in [5.41, 5.74) is 3.26. The van der Waals surface area contributed by atoms with Gasteiger partial charge in [0.1, 0.15) is 17.3 Å². The summed E-state index contributed by atoms with van der Waals surface area (Å²) in [5.74, 6) is -0.0658. The summed E-state index contributed by atoms with van der Waals surface area (Å²) in [5, 5.41) is 5.85. The number of fused-ring (bicyclic) bond motifs is 1. The molecule has 2 N–H and O–H groups in total. The average molecular weight is 527 g/mol. The van der Waals surface area contributed by atoms with Gasteiger partial charge in [-0.1, -0.05) is 12.1 Å². The number of nitrogens with one attached hydrogen (secondary N) is 2. The molecule has 2 aromatic carbocycles. The monoisotopic (exact) mass is 526 g/mol. The molecule has 1 amide bonds. The molecule has 0 radical (unpaired) electrons. The number of hydrogen-bond donors (Lipinski definition) is 2. The SMILES string of the molecule is Cc1cc(-c2cn3cc(Oc4cccc(F)c4)cc(NCCC(F)(F)F)c3n2)ccc1C(=O)NC1(C)CC1. The Morgan fingerprint density at radius 2 is 1.89 bits per heavy atom. The molecule has 0 spiro atoms. The highest BCUT2D eigenvalue weighted by molar-refractivity contribution is 5.97. The molecule has 2 heterocycles. The largest absolute Gasteiger partial charge is 0.456 e. The number of anilines is 1. The van der Waals surface area contributed by atoms with Crippen molar-refractivity contribution >= 4 is 17.2 Å². The first-order valence-corrected chi connectivity index (χ1v) is 12.2. The zero-order valence-corrected chi connectivity index (χ0v) is 20.8. The molecule has 5 rings (SSSR count). The Morgan fingerprint density at radius 3 is 2.58 bits per heavy atom. The van der Waals surface area contributed by atoms with Crippen molar-refractivity contribution in [1.29, 1.82) is 0 Å². The summed E-state index contributed by atoms with van der Waals surface area (Å²) in [6.45, 7) is 3.50. The van der Waals surface area contributed by atoms with Crippen LogP contribution in [0.5, 0.6) is 11.5 Å². The number of nitrogens with zero attached hydrogens (tertiary/aromatic N) is 2. The fraction of sp³-hybridized carbons (Fsp3) is 0.286. The third-order valence-corrected chi connectivity index (χ3v) is 6.46. The standard InChI is InChI=1S/C28H26F4N4O2/c1-17-12-18(6-7-22(17)26(37)35-27(2)8-9-27)24-16-36-15-21(38-20-5-3-4-19(29)13-20)14-23(25(36)34-24)33-11-10-28(30,31)32/h3-7,12-16,33H,8-11H2,1-2H3,(H,35,37). The molecule has 0 unspecified atom stereocenters. The summed E-state index contributed by atoms with van der Waals surface area (Å²) in [6.07, 6.45) is -0.0760. The highest BCUT2D eigenvalue weighted by Crippen LogP contribution is 2.35. The van der Waals surface area contributed by atoms with Gasteiger partial charge < -0.3 is 19.8 Å². The number of hydrogen-bond acceptors (Lipinski definition) is 4. The van der Waals surface area contributed by atoms with Crippen molar-refractivity contribution in [2.24, 2.45) is 0 Å². The molecule has 198 valence electrons. The van der Waals surface area contributed by atoms with E-state index in [4.69, 9.17) is 4.74 Å². The van der Waals surface area contributed by atoms with Gasteiger partial charge in [-0.05, 0) is 56.5 Å². The van der Waals surface area contributed by atoms with Crippen LogP contribution in [0.25, 0.3) is 16.9 Å². The Labute approximate surface area is 216 Å². The number of carbonyl (C=O) groups is 1. The van der Waals surface area contributed by atoms with E-state index in [2.05, 4.69) is 15.6 Å². The third-order valence-electron chi connectivity index (χ3n) is 6.46. The molecule has 1 aliphatic carbocycles. The fourth-order valence-corrected chi connectivity index (χ4v) is 4.13. The van der Waals surface area contributed by atoms with Crippen LogP contribution >= 0.6 is 0 Å². The van der Waals surface area contributed by atoms with Crippen LogP contribution in [-0.2, 0) is 0 Å². The van der Waals surface area contributed by atoms with Crippen molar-refractivity contribution < 1.29 is 27.1 Å². The molecule has 0 saturated heterocycles. The molecular formula is C28H26F4N4O2. The van der Waals surface area contributed by atoms with Gasteiger partial charge in [0.25, 0.3) is 5.91 Å². The van der Waals surface area contributed by atoms with Gasteiger partial charge in [0, 0.05) is 41.5 Å². The van der Waals surface area contributed by atoms with Crippen molar-refractivity contribution in [3.05, 3.63) is 77.9 Å². The number of rotatable bonds is 8. The van der Waals surface area contributed by atoms with Crippen LogP contribution in [0.2, 0.25) is 0 Å². The van der Waals surface area contributed by atoms with Crippen LogP contribution < -0.4 is 15.4 Å². The van der Waals surface area contributed by atoms with Crippen molar-refractivity contribution in [3.63, 3.8) is 0 Å².